The summed E-state index contributed by atoms with van der Waals surface area (Å²) in [5.41, 5.74) is 3.56. The van der Waals surface area contributed by atoms with Crippen LogP contribution in [0.2, 0.25) is 0 Å². The fraction of sp³-hybridized carbons (Fsp3) is 0.200. The van der Waals surface area contributed by atoms with Crippen molar-refractivity contribution in [2.45, 2.75) is 0 Å². The van der Waals surface area contributed by atoms with Crippen LogP contribution in [0.4, 0.5) is 0 Å². The molecule has 0 bridgehead atoms. The molecule has 0 spiro atoms. The average Bonchev–Trinajstić information content (AvgIpc) is 2.29. The van der Waals surface area contributed by atoms with E-state index in [2.05, 4.69) is 15.8 Å². The molecular weight excluding hydrogens is 210 g/mol. The van der Waals surface area contributed by atoms with E-state index in [4.69, 9.17) is 17.0 Å². The number of rotatable bonds is 3. The van der Waals surface area contributed by atoms with Gasteiger partial charge in [0.05, 0.1) is 13.3 Å². The van der Waals surface area contributed by atoms with E-state index in [0.717, 1.165) is 11.3 Å². The zero-order valence-corrected chi connectivity index (χ0v) is 9.47. The topological polar surface area (TPSA) is 45.7 Å². The normalized spacial score (nSPS) is 10.0. The van der Waals surface area contributed by atoms with Crippen molar-refractivity contribution in [2.75, 3.05) is 14.2 Å². The Labute approximate surface area is 94.3 Å². The van der Waals surface area contributed by atoms with Crippen molar-refractivity contribution in [1.29, 1.82) is 0 Å². The Morgan fingerprint density at radius 3 is 2.87 bits per heavy atom. The highest BCUT2D eigenvalue weighted by molar-refractivity contribution is 7.80. The lowest BCUT2D eigenvalue weighted by Gasteiger charge is -2.03. The monoisotopic (exact) mass is 223 g/mol. The van der Waals surface area contributed by atoms with E-state index in [0.29, 0.717) is 5.11 Å². The number of hydrogen-bond donors (Lipinski definition) is 2. The number of benzene rings is 1. The largest absolute Gasteiger partial charge is 0.496 e. The van der Waals surface area contributed by atoms with Crippen molar-refractivity contribution in [2.24, 2.45) is 5.10 Å². The van der Waals surface area contributed by atoms with Crippen molar-refractivity contribution in [1.82, 2.24) is 10.7 Å². The quantitative estimate of drug-likeness (QED) is 0.458. The molecule has 80 valence electrons. The lowest BCUT2D eigenvalue weighted by atomic mass is 10.2. The standard InChI is InChI=1S/C10H13N3OS/c1-11-10(15)13-12-7-8-5-3-4-6-9(8)14-2/h3-7H,1-2H3,(H2,11,13,15)/b12-7-. The summed E-state index contributed by atoms with van der Waals surface area (Å²) in [4.78, 5) is 0. The molecule has 4 nitrogen and oxygen atoms in total. The van der Waals surface area contributed by atoms with Gasteiger partial charge in [0, 0.05) is 12.6 Å². The second-order valence-corrected chi connectivity index (χ2v) is 3.10. The van der Waals surface area contributed by atoms with Gasteiger partial charge in [-0.15, -0.1) is 0 Å². The summed E-state index contributed by atoms with van der Waals surface area (Å²) < 4.78 is 5.16. The molecule has 1 aromatic rings. The van der Waals surface area contributed by atoms with Crippen LogP contribution in [0.3, 0.4) is 0 Å². The summed E-state index contributed by atoms with van der Waals surface area (Å²) >= 11 is 4.86. The Morgan fingerprint density at radius 1 is 1.47 bits per heavy atom. The summed E-state index contributed by atoms with van der Waals surface area (Å²) in [6.45, 7) is 0. The Bertz CT molecular complexity index is 365. The minimum absolute atomic E-state index is 0.473. The Kier molecular flexibility index (Phi) is 4.56. The molecule has 5 heteroatoms. The maximum absolute atomic E-state index is 5.16. The van der Waals surface area contributed by atoms with Gasteiger partial charge in [0.25, 0.3) is 0 Å². The molecule has 0 unspecified atom stereocenters. The Hall–Kier alpha value is -1.62. The van der Waals surface area contributed by atoms with Crippen LogP contribution >= 0.6 is 12.2 Å². The average molecular weight is 223 g/mol. The fourth-order valence-electron chi connectivity index (χ4n) is 0.989. The fourth-order valence-corrected chi connectivity index (χ4v) is 1.04. The van der Waals surface area contributed by atoms with Gasteiger partial charge in [-0.25, -0.2) is 0 Å². The molecule has 0 aliphatic heterocycles. The van der Waals surface area contributed by atoms with Crippen LogP contribution < -0.4 is 15.5 Å². The summed E-state index contributed by atoms with van der Waals surface area (Å²) in [6, 6.07) is 7.60. The van der Waals surface area contributed by atoms with E-state index < -0.39 is 0 Å². The molecule has 0 fully saturated rings. The number of thiocarbonyl (C=S) groups is 1. The zero-order chi connectivity index (χ0) is 11.1. The number of hydrogen-bond acceptors (Lipinski definition) is 3. The van der Waals surface area contributed by atoms with Crippen molar-refractivity contribution in [3.63, 3.8) is 0 Å². The zero-order valence-electron chi connectivity index (χ0n) is 8.65. The summed E-state index contributed by atoms with van der Waals surface area (Å²) in [6.07, 6.45) is 1.66. The van der Waals surface area contributed by atoms with Gasteiger partial charge in [0.2, 0.25) is 0 Å². The van der Waals surface area contributed by atoms with E-state index in [1.165, 1.54) is 0 Å². The van der Waals surface area contributed by atoms with Crippen LogP contribution in [0.1, 0.15) is 5.56 Å². The summed E-state index contributed by atoms with van der Waals surface area (Å²) in [5.74, 6) is 0.776. The number of nitrogens with one attached hydrogen (secondary N) is 2. The summed E-state index contributed by atoms with van der Waals surface area (Å²) in [7, 11) is 3.35. The predicted octanol–water partition coefficient (Wildman–Crippen LogP) is 1.12. The van der Waals surface area contributed by atoms with E-state index in [9.17, 15) is 0 Å². The van der Waals surface area contributed by atoms with Crippen molar-refractivity contribution in [3.8, 4) is 5.75 Å². The van der Waals surface area contributed by atoms with Crippen molar-refractivity contribution < 1.29 is 4.74 Å². The van der Waals surface area contributed by atoms with Crippen LogP contribution in [-0.4, -0.2) is 25.5 Å². The highest BCUT2D eigenvalue weighted by atomic mass is 32.1. The first-order chi connectivity index (χ1) is 7.27. The van der Waals surface area contributed by atoms with Gasteiger partial charge in [-0.05, 0) is 24.4 Å². The third kappa shape index (κ3) is 3.55. The number of para-hydroxylation sites is 1. The van der Waals surface area contributed by atoms with Gasteiger partial charge in [-0.3, -0.25) is 5.43 Å². The molecule has 2 N–H and O–H groups in total. The number of hydrazone groups is 1. The maximum atomic E-state index is 5.16. The highest BCUT2D eigenvalue weighted by Gasteiger charge is 1.96. The minimum atomic E-state index is 0.473. The Morgan fingerprint density at radius 2 is 2.20 bits per heavy atom. The van der Waals surface area contributed by atoms with Crippen LogP contribution in [0.25, 0.3) is 0 Å². The third-order valence-electron chi connectivity index (χ3n) is 1.74. The molecule has 15 heavy (non-hydrogen) atoms. The molecule has 0 aromatic heterocycles. The molecular formula is C10H13N3OS. The van der Waals surface area contributed by atoms with Gasteiger partial charge in [0.1, 0.15) is 5.75 Å². The smallest absolute Gasteiger partial charge is 0.186 e. The lowest BCUT2D eigenvalue weighted by Crippen LogP contribution is -2.28. The number of nitrogens with zero attached hydrogens (tertiary/aromatic N) is 1. The molecule has 0 saturated heterocycles. The molecule has 0 amide bonds. The van der Waals surface area contributed by atoms with Crippen LogP contribution in [-0.2, 0) is 0 Å². The highest BCUT2D eigenvalue weighted by Crippen LogP contribution is 2.14. The SMILES string of the molecule is CNC(=S)N/N=C\c1ccccc1OC. The van der Waals surface area contributed by atoms with E-state index >= 15 is 0 Å². The second-order valence-electron chi connectivity index (χ2n) is 2.69. The minimum Gasteiger partial charge on any atom is -0.496 e. The molecule has 0 aliphatic carbocycles. The molecule has 1 aromatic carbocycles. The predicted molar refractivity (Wildman–Crippen MR) is 65.4 cm³/mol. The molecule has 0 saturated carbocycles. The Balaban J connectivity index is 2.67. The molecule has 0 aliphatic rings. The first-order valence-electron chi connectivity index (χ1n) is 4.41. The van der Waals surface area contributed by atoms with Crippen molar-refractivity contribution >= 4 is 23.5 Å². The van der Waals surface area contributed by atoms with E-state index in [1.54, 1.807) is 20.4 Å². The number of methoxy groups -OCH3 is 1. The van der Waals surface area contributed by atoms with Gasteiger partial charge in [-0.2, -0.15) is 5.10 Å². The van der Waals surface area contributed by atoms with Gasteiger partial charge in [0.15, 0.2) is 5.11 Å². The van der Waals surface area contributed by atoms with E-state index in [1.807, 2.05) is 24.3 Å². The van der Waals surface area contributed by atoms with E-state index in [-0.39, 0.29) is 0 Å². The first-order valence-corrected chi connectivity index (χ1v) is 4.82. The van der Waals surface area contributed by atoms with Crippen LogP contribution in [0.5, 0.6) is 5.75 Å². The first kappa shape index (κ1) is 11.5. The van der Waals surface area contributed by atoms with Gasteiger partial charge >= 0.3 is 0 Å². The van der Waals surface area contributed by atoms with Crippen LogP contribution in [0.15, 0.2) is 29.4 Å². The maximum Gasteiger partial charge on any atom is 0.186 e. The lowest BCUT2D eigenvalue weighted by molar-refractivity contribution is 0.414. The van der Waals surface area contributed by atoms with Crippen LogP contribution in [0, 0.1) is 0 Å². The number of ether oxygens (including phenoxy) is 1. The van der Waals surface area contributed by atoms with Crippen molar-refractivity contribution in [3.05, 3.63) is 29.8 Å². The molecule has 1 rings (SSSR count). The molecule has 0 radical (unpaired) electrons. The molecule has 0 heterocycles. The second kappa shape index (κ2) is 5.98. The summed E-state index contributed by atoms with van der Waals surface area (Å²) in [5, 5.41) is 7.19. The van der Waals surface area contributed by atoms with Gasteiger partial charge in [-0.1, -0.05) is 12.1 Å². The molecule has 0 atom stereocenters. The van der Waals surface area contributed by atoms with Gasteiger partial charge < -0.3 is 10.1 Å². The third-order valence-corrected chi connectivity index (χ3v) is 2.03.